The minimum Gasteiger partial charge on any atom is -0.506 e. The van der Waals surface area contributed by atoms with Gasteiger partial charge in [0.1, 0.15) is 5.75 Å². The minimum absolute atomic E-state index is 0.111. The number of rotatable bonds is 5. The highest BCUT2D eigenvalue weighted by Gasteiger charge is 2.21. The van der Waals surface area contributed by atoms with E-state index in [-0.39, 0.29) is 11.5 Å². The van der Waals surface area contributed by atoms with E-state index in [9.17, 15) is 13.5 Å². The number of hydrogen-bond donors (Lipinski definition) is 2. The second kappa shape index (κ2) is 8.23. The van der Waals surface area contributed by atoms with Crippen molar-refractivity contribution in [2.75, 3.05) is 56.2 Å². The Morgan fingerprint density at radius 1 is 1.25 bits per heavy atom. The van der Waals surface area contributed by atoms with Crippen molar-refractivity contribution in [1.29, 1.82) is 0 Å². The molecule has 1 saturated heterocycles. The van der Waals surface area contributed by atoms with Crippen LogP contribution >= 0.6 is 0 Å². The Morgan fingerprint density at radius 2 is 1.92 bits per heavy atom. The molecule has 2 N–H and O–H groups in total. The molecule has 0 bridgehead atoms. The second-order valence-corrected chi connectivity index (χ2v) is 8.15. The number of anilines is 1. The predicted molar refractivity (Wildman–Crippen MR) is 97.6 cm³/mol. The average molecular weight is 354 g/mol. The summed E-state index contributed by atoms with van der Waals surface area (Å²) in [5, 5.41) is 13.1. The molecule has 1 fully saturated rings. The fraction of sp³-hybridized carbons (Fsp3) is 0.562. The van der Waals surface area contributed by atoms with Crippen molar-refractivity contribution in [1.82, 2.24) is 10.2 Å². The summed E-state index contributed by atoms with van der Waals surface area (Å²) in [7, 11) is -1.28. The number of hydrogen-bond acceptors (Lipinski definition) is 5. The van der Waals surface area contributed by atoms with Crippen LogP contribution in [0.3, 0.4) is 0 Å². The normalized spacial score (nSPS) is 16.3. The van der Waals surface area contributed by atoms with Crippen molar-refractivity contribution in [3.8, 4) is 5.75 Å². The molecule has 0 radical (unpaired) electrons. The largest absolute Gasteiger partial charge is 0.506 e. The highest BCUT2D eigenvalue weighted by molar-refractivity contribution is 7.91. The lowest BCUT2D eigenvalue weighted by Gasteiger charge is -2.37. The molecule has 0 atom stereocenters. The van der Waals surface area contributed by atoms with Gasteiger partial charge in [0.05, 0.1) is 11.4 Å². The Morgan fingerprint density at radius 3 is 2.50 bits per heavy atom. The molecule has 24 heavy (non-hydrogen) atoms. The number of guanidine groups is 1. The lowest BCUT2D eigenvalue weighted by Crippen LogP contribution is -2.53. The average Bonchev–Trinajstić information content (AvgIpc) is 2.59. The van der Waals surface area contributed by atoms with Gasteiger partial charge >= 0.3 is 0 Å². The van der Waals surface area contributed by atoms with Gasteiger partial charge in [-0.2, -0.15) is 0 Å². The SMILES string of the molecule is CCS(=O)(=O)CCNC(=NC)N1CCN(c2ccccc2O)CC1. The Balaban J connectivity index is 1.87. The molecule has 1 aromatic rings. The van der Waals surface area contributed by atoms with E-state index in [1.165, 1.54) is 0 Å². The summed E-state index contributed by atoms with van der Waals surface area (Å²) in [5.74, 6) is 1.28. The molecule has 1 heterocycles. The Bertz CT molecular complexity index is 668. The molecular formula is C16H26N4O3S. The first kappa shape index (κ1) is 18.4. The molecule has 2 rings (SSSR count). The third kappa shape index (κ3) is 4.77. The molecule has 0 spiro atoms. The predicted octanol–water partition coefficient (Wildman–Crippen LogP) is 0.524. The van der Waals surface area contributed by atoms with Gasteiger partial charge in [0.2, 0.25) is 0 Å². The quantitative estimate of drug-likeness (QED) is 0.592. The summed E-state index contributed by atoms with van der Waals surface area (Å²) in [5.41, 5.74) is 0.842. The van der Waals surface area contributed by atoms with Gasteiger partial charge in [-0.25, -0.2) is 8.42 Å². The van der Waals surface area contributed by atoms with Crippen molar-refractivity contribution in [3.63, 3.8) is 0 Å². The first-order chi connectivity index (χ1) is 11.5. The van der Waals surface area contributed by atoms with Crippen LogP contribution in [-0.2, 0) is 9.84 Å². The van der Waals surface area contributed by atoms with Gasteiger partial charge in [0.25, 0.3) is 0 Å². The van der Waals surface area contributed by atoms with E-state index < -0.39 is 9.84 Å². The molecule has 0 aromatic heterocycles. The maximum atomic E-state index is 11.6. The van der Waals surface area contributed by atoms with Gasteiger partial charge in [0.15, 0.2) is 15.8 Å². The molecular weight excluding hydrogens is 328 g/mol. The van der Waals surface area contributed by atoms with E-state index in [0.29, 0.717) is 12.3 Å². The Labute approximate surface area is 143 Å². The standard InChI is InChI=1S/C16H26N4O3S/c1-3-24(22,23)13-8-18-16(17-2)20-11-9-19(10-12-20)14-6-4-5-7-15(14)21/h4-7,21H,3,8-13H2,1-2H3,(H,17,18). The Hall–Kier alpha value is -1.96. The molecule has 0 saturated carbocycles. The number of phenols is 1. The Kier molecular flexibility index (Phi) is 6.30. The van der Waals surface area contributed by atoms with E-state index >= 15 is 0 Å². The van der Waals surface area contributed by atoms with Crippen LogP contribution in [0.1, 0.15) is 6.92 Å². The number of phenolic OH excluding ortho intramolecular Hbond substituents is 1. The topological polar surface area (TPSA) is 85.2 Å². The first-order valence-electron chi connectivity index (χ1n) is 8.16. The molecule has 7 nitrogen and oxygen atoms in total. The highest BCUT2D eigenvalue weighted by atomic mass is 32.2. The van der Waals surface area contributed by atoms with Crippen LogP contribution in [0.5, 0.6) is 5.75 Å². The minimum atomic E-state index is -2.98. The zero-order valence-corrected chi connectivity index (χ0v) is 15.1. The molecule has 1 aliphatic rings. The summed E-state index contributed by atoms with van der Waals surface area (Å²) in [6.07, 6.45) is 0. The van der Waals surface area contributed by atoms with Gasteiger partial charge in [-0.15, -0.1) is 0 Å². The molecule has 0 unspecified atom stereocenters. The van der Waals surface area contributed by atoms with E-state index in [1.54, 1.807) is 20.0 Å². The number of aromatic hydroxyl groups is 1. The molecule has 1 aromatic carbocycles. The van der Waals surface area contributed by atoms with Gasteiger partial charge in [-0.3, -0.25) is 4.99 Å². The maximum absolute atomic E-state index is 11.6. The molecule has 8 heteroatoms. The van der Waals surface area contributed by atoms with Crippen molar-refractivity contribution in [3.05, 3.63) is 24.3 Å². The third-order valence-electron chi connectivity index (χ3n) is 4.15. The van der Waals surface area contributed by atoms with Crippen LogP contribution in [0.2, 0.25) is 0 Å². The number of aliphatic imine (C=N–C) groups is 1. The van der Waals surface area contributed by atoms with E-state index in [1.807, 2.05) is 18.2 Å². The highest BCUT2D eigenvalue weighted by Crippen LogP contribution is 2.27. The number of sulfone groups is 1. The van der Waals surface area contributed by atoms with E-state index in [4.69, 9.17) is 0 Å². The van der Waals surface area contributed by atoms with Crippen LogP contribution in [0.15, 0.2) is 29.3 Å². The van der Waals surface area contributed by atoms with Crippen molar-refractivity contribution < 1.29 is 13.5 Å². The summed E-state index contributed by atoms with van der Waals surface area (Å²) in [6.45, 7) is 5.07. The number of nitrogens with zero attached hydrogens (tertiary/aromatic N) is 3. The van der Waals surface area contributed by atoms with Gasteiger partial charge in [0, 0.05) is 45.5 Å². The molecule has 0 amide bonds. The van der Waals surface area contributed by atoms with Gasteiger partial charge < -0.3 is 20.2 Å². The fourth-order valence-electron chi connectivity index (χ4n) is 2.69. The third-order valence-corrected chi connectivity index (χ3v) is 5.86. The molecule has 0 aliphatic carbocycles. The van der Waals surface area contributed by atoms with E-state index in [0.717, 1.165) is 37.8 Å². The maximum Gasteiger partial charge on any atom is 0.193 e. The van der Waals surface area contributed by atoms with Crippen LogP contribution in [0, 0.1) is 0 Å². The summed E-state index contributed by atoms with van der Waals surface area (Å²) in [4.78, 5) is 8.49. The number of benzene rings is 1. The monoisotopic (exact) mass is 354 g/mol. The van der Waals surface area contributed by atoms with Crippen molar-refractivity contribution in [2.45, 2.75) is 6.92 Å². The summed E-state index contributed by atoms with van der Waals surface area (Å²) < 4.78 is 23.1. The van der Waals surface area contributed by atoms with Gasteiger partial charge in [-0.1, -0.05) is 19.1 Å². The van der Waals surface area contributed by atoms with Gasteiger partial charge in [-0.05, 0) is 12.1 Å². The summed E-state index contributed by atoms with van der Waals surface area (Å²) >= 11 is 0. The van der Waals surface area contributed by atoms with E-state index in [2.05, 4.69) is 20.1 Å². The number of para-hydroxylation sites is 2. The van der Waals surface area contributed by atoms with Crippen molar-refractivity contribution in [2.24, 2.45) is 4.99 Å². The molecule has 1 aliphatic heterocycles. The van der Waals surface area contributed by atoms with Crippen LogP contribution < -0.4 is 10.2 Å². The van der Waals surface area contributed by atoms with Crippen LogP contribution in [0.25, 0.3) is 0 Å². The van der Waals surface area contributed by atoms with Crippen molar-refractivity contribution >= 4 is 21.5 Å². The molecule has 134 valence electrons. The smallest absolute Gasteiger partial charge is 0.193 e. The zero-order valence-electron chi connectivity index (χ0n) is 14.3. The lowest BCUT2D eigenvalue weighted by molar-refractivity contribution is 0.371. The fourth-order valence-corrected chi connectivity index (χ4v) is 3.39. The number of nitrogens with one attached hydrogen (secondary N) is 1. The van der Waals surface area contributed by atoms with Crippen LogP contribution in [0.4, 0.5) is 5.69 Å². The second-order valence-electron chi connectivity index (χ2n) is 5.67. The summed E-state index contributed by atoms with van der Waals surface area (Å²) in [6, 6.07) is 7.32. The zero-order chi connectivity index (χ0) is 17.6. The first-order valence-corrected chi connectivity index (χ1v) is 9.98. The van der Waals surface area contributed by atoms with Crippen LogP contribution in [-0.4, -0.2) is 75.7 Å². The number of piperazine rings is 1. The lowest BCUT2D eigenvalue weighted by atomic mass is 10.2.